The van der Waals surface area contributed by atoms with Gasteiger partial charge in [0.2, 0.25) is 6.67 Å². The van der Waals surface area contributed by atoms with Crippen LogP contribution in [0.2, 0.25) is 0 Å². The van der Waals surface area contributed by atoms with E-state index in [4.69, 9.17) is 0 Å². The molecule has 0 N–H and O–H groups in total. The molecule has 0 saturated heterocycles. The van der Waals surface area contributed by atoms with E-state index in [1.165, 1.54) is 29.8 Å². The van der Waals surface area contributed by atoms with Gasteiger partial charge in [-0.05, 0) is 24.1 Å². The Hall–Kier alpha value is -1.96. The van der Waals surface area contributed by atoms with Crippen molar-refractivity contribution in [2.45, 2.75) is 26.3 Å². The first-order chi connectivity index (χ1) is 9.88. The molecule has 1 heterocycles. The molecule has 0 amide bonds. The average Bonchev–Trinajstić information content (AvgIpc) is 2.85. The van der Waals surface area contributed by atoms with Crippen molar-refractivity contribution in [3.8, 4) is 0 Å². The molecule has 2 aromatic carbocycles. The van der Waals surface area contributed by atoms with E-state index in [-0.39, 0.29) is 0 Å². The Labute approximate surface area is 121 Å². The molecule has 1 aliphatic heterocycles. The monoisotopic (exact) mass is 264 g/mol. The molecule has 2 radical (unpaired) electrons. The highest BCUT2D eigenvalue weighted by atomic mass is 15.4. The predicted octanol–water partition coefficient (Wildman–Crippen LogP) is 4.31. The van der Waals surface area contributed by atoms with E-state index >= 15 is 0 Å². The SMILES string of the molecule is CCCCN1[C]N(Cc2ccccc2)c2ccccc21. The molecule has 0 atom stereocenters. The van der Waals surface area contributed by atoms with Gasteiger partial charge in [0.05, 0.1) is 11.4 Å². The molecule has 0 unspecified atom stereocenters. The van der Waals surface area contributed by atoms with Gasteiger partial charge < -0.3 is 9.80 Å². The van der Waals surface area contributed by atoms with E-state index in [1.54, 1.807) is 0 Å². The molecule has 0 bridgehead atoms. The largest absolute Gasteiger partial charge is 0.340 e. The minimum Gasteiger partial charge on any atom is -0.340 e. The van der Waals surface area contributed by atoms with Crippen molar-refractivity contribution in [2.24, 2.45) is 0 Å². The topological polar surface area (TPSA) is 6.48 Å². The number of hydrogen-bond donors (Lipinski definition) is 0. The maximum absolute atomic E-state index is 3.51. The molecule has 0 aromatic heterocycles. The average molecular weight is 264 g/mol. The predicted molar refractivity (Wildman–Crippen MR) is 84.6 cm³/mol. The van der Waals surface area contributed by atoms with Crippen molar-refractivity contribution < 1.29 is 0 Å². The molecule has 2 nitrogen and oxygen atoms in total. The second kappa shape index (κ2) is 6.00. The number of para-hydroxylation sites is 2. The van der Waals surface area contributed by atoms with Crippen LogP contribution in [0.3, 0.4) is 0 Å². The molecule has 2 heteroatoms. The fourth-order valence-electron chi connectivity index (χ4n) is 2.55. The first-order valence-corrected chi connectivity index (χ1v) is 7.33. The summed E-state index contributed by atoms with van der Waals surface area (Å²) in [7, 11) is 0. The third-order valence-corrected chi connectivity index (χ3v) is 3.62. The van der Waals surface area contributed by atoms with Crippen LogP contribution in [0.5, 0.6) is 0 Å². The number of nitrogens with zero attached hydrogens (tertiary/aromatic N) is 2. The van der Waals surface area contributed by atoms with Crippen LogP contribution in [0, 0.1) is 6.67 Å². The molecule has 102 valence electrons. The Morgan fingerprint density at radius 3 is 2.20 bits per heavy atom. The van der Waals surface area contributed by atoms with Crippen LogP contribution in [0.4, 0.5) is 11.4 Å². The van der Waals surface area contributed by atoms with Gasteiger partial charge in [0, 0.05) is 13.1 Å². The second-order valence-electron chi connectivity index (χ2n) is 5.17. The zero-order valence-electron chi connectivity index (χ0n) is 11.9. The lowest BCUT2D eigenvalue weighted by atomic mass is 10.2. The molecule has 20 heavy (non-hydrogen) atoms. The Bertz CT molecular complexity index is 550. The van der Waals surface area contributed by atoms with Crippen LogP contribution in [0.15, 0.2) is 54.6 Å². The van der Waals surface area contributed by atoms with Gasteiger partial charge in [0.15, 0.2) is 0 Å². The van der Waals surface area contributed by atoms with Crippen LogP contribution in [-0.4, -0.2) is 6.54 Å². The van der Waals surface area contributed by atoms with Crippen LogP contribution in [-0.2, 0) is 6.54 Å². The molecular formula is C18H20N2. The minimum absolute atomic E-state index is 0.875. The van der Waals surface area contributed by atoms with Crippen molar-refractivity contribution in [2.75, 3.05) is 16.3 Å². The van der Waals surface area contributed by atoms with Gasteiger partial charge in [-0.3, -0.25) is 0 Å². The molecule has 3 rings (SSSR count). The van der Waals surface area contributed by atoms with E-state index in [2.05, 4.69) is 78.0 Å². The molecule has 0 saturated carbocycles. The van der Waals surface area contributed by atoms with Crippen LogP contribution >= 0.6 is 0 Å². The van der Waals surface area contributed by atoms with Crippen molar-refractivity contribution in [3.63, 3.8) is 0 Å². The highest BCUT2D eigenvalue weighted by molar-refractivity contribution is 5.78. The zero-order chi connectivity index (χ0) is 13.8. The number of fused-ring (bicyclic) bond motifs is 1. The number of hydrogen-bond acceptors (Lipinski definition) is 2. The second-order valence-corrected chi connectivity index (χ2v) is 5.17. The zero-order valence-corrected chi connectivity index (χ0v) is 11.9. The normalized spacial score (nSPS) is 13.7. The van der Waals surface area contributed by atoms with E-state index in [9.17, 15) is 0 Å². The van der Waals surface area contributed by atoms with Crippen LogP contribution in [0.25, 0.3) is 0 Å². The van der Waals surface area contributed by atoms with Gasteiger partial charge >= 0.3 is 0 Å². The summed E-state index contributed by atoms with van der Waals surface area (Å²) >= 11 is 0. The highest BCUT2D eigenvalue weighted by Crippen LogP contribution is 2.38. The van der Waals surface area contributed by atoms with E-state index in [0.717, 1.165) is 13.1 Å². The summed E-state index contributed by atoms with van der Waals surface area (Å²) in [6, 6.07) is 19.1. The number of anilines is 2. The van der Waals surface area contributed by atoms with Gasteiger partial charge in [0.1, 0.15) is 0 Å². The van der Waals surface area contributed by atoms with Gasteiger partial charge in [-0.15, -0.1) is 0 Å². The smallest absolute Gasteiger partial charge is 0.209 e. The summed E-state index contributed by atoms with van der Waals surface area (Å²) < 4.78 is 0. The van der Waals surface area contributed by atoms with Gasteiger partial charge in [-0.1, -0.05) is 55.8 Å². The lowest BCUT2D eigenvalue weighted by Crippen LogP contribution is -2.25. The standard InChI is InChI=1S/C18H20N2/c1-2-3-13-19-15-20(14-16-9-5-4-6-10-16)18-12-8-7-11-17(18)19/h4-12H,2-3,13-14H2,1H3. The first kappa shape index (κ1) is 13.0. The van der Waals surface area contributed by atoms with Crippen molar-refractivity contribution >= 4 is 11.4 Å². The van der Waals surface area contributed by atoms with Crippen LogP contribution < -0.4 is 9.80 Å². The fourth-order valence-corrected chi connectivity index (χ4v) is 2.55. The summed E-state index contributed by atoms with van der Waals surface area (Å²) in [6.07, 6.45) is 2.40. The van der Waals surface area contributed by atoms with Gasteiger partial charge in [0.25, 0.3) is 0 Å². The summed E-state index contributed by atoms with van der Waals surface area (Å²) in [5.74, 6) is 0. The Morgan fingerprint density at radius 1 is 0.850 bits per heavy atom. The van der Waals surface area contributed by atoms with Gasteiger partial charge in [-0.25, -0.2) is 0 Å². The van der Waals surface area contributed by atoms with Gasteiger partial charge in [-0.2, -0.15) is 0 Å². The fraction of sp³-hybridized carbons (Fsp3) is 0.278. The van der Waals surface area contributed by atoms with Crippen molar-refractivity contribution in [1.82, 2.24) is 0 Å². The molecule has 2 aromatic rings. The highest BCUT2D eigenvalue weighted by Gasteiger charge is 2.26. The summed E-state index contributed by atoms with van der Waals surface area (Å²) in [6.45, 7) is 7.65. The first-order valence-electron chi connectivity index (χ1n) is 7.33. The number of benzene rings is 2. The third kappa shape index (κ3) is 2.64. The van der Waals surface area contributed by atoms with Crippen LogP contribution in [0.1, 0.15) is 25.3 Å². The Balaban J connectivity index is 1.80. The quantitative estimate of drug-likeness (QED) is 0.794. The summed E-state index contributed by atoms with van der Waals surface area (Å²) in [5, 5.41) is 0. The van der Waals surface area contributed by atoms with E-state index < -0.39 is 0 Å². The minimum atomic E-state index is 0.875. The maximum atomic E-state index is 3.51. The number of unbranched alkanes of at least 4 members (excludes halogenated alkanes) is 1. The van der Waals surface area contributed by atoms with Crippen molar-refractivity contribution in [3.05, 3.63) is 66.8 Å². The van der Waals surface area contributed by atoms with Crippen molar-refractivity contribution in [1.29, 1.82) is 0 Å². The maximum Gasteiger partial charge on any atom is 0.209 e. The molecule has 0 aliphatic carbocycles. The van der Waals surface area contributed by atoms with E-state index in [1.807, 2.05) is 0 Å². The molecular weight excluding hydrogens is 244 g/mol. The molecule has 1 aliphatic rings. The molecule has 0 spiro atoms. The molecule has 0 fully saturated rings. The Morgan fingerprint density at radius 2 is 1.50 bits per heavy atom. The lowest BCUT2D eigenvalue weighted by molar-refractivity contribution is 0.755. The number of rotatable bonds is 5. The third-order valence-electron chi connectivity index (χ3n) is 3.62. The lowest BCUT2D eigenvalue weighted by Gasteiger charge is -2.19. The Kier molecular flexibility index (Phi) is 3.91. The van der Waals surface area contributed by atoms with E-state index in [0.29, 0.717) is 0 Å². The summed E-state index contributed by atoms with van der Waals surface area (Å²) in [5.41, 5.74) is 3.84. The summed E-state index contributed by atoms with van der Waals surface area (Å²) in [4.78, 5) is 4.47.